The first-order valence-electron chi connectivity index (χ1n) is 10.2. The number of carbonyl (C=O) groups is 2. The highest BCUT2D eigenvalue weighted by Crippen LogP contribution is 2.27. The monoisotopic (exact) mass is 435 g/mol. The number of hydrogen-bond acceptors (Lipinski definition) is 6. The van der Waals surface area contributed by atoms with Gasteiger partial charge in [0.25, 0.3) is 5.69 Å². The van der Waals surface area contributed by atoms with Gasteiger partial charge in [0.1, 0.15) is 23.7 Å². The molecule has 0 radical (unpaired) electrons. The number of nitrogens with zero attached hydrogens (tertiary/aromatic N) is 4. The summed E-state index contributed by atoms with van der Waals surface area (Å²) in [6, 6.07) is 13.6. The summed E-state index contributed by atoms with van der Waals surface area (Å²) >= 11 is 0. The molecule has 32 heavy (non-hydrogen) atoms. The van der Waals surface area contributed by atoms with Crippen molar-refractivity contribution in [3.63, 3.8) is 0 Å². The molecule has 10 heteroatoms. The molecule has 1 aliphatic heterocycles. The number of aliphatic carboxylic acids is 1. The van der Waals surface area contributed by atoms with Gasteiger partial charge in [-0.3, -0.25) is 14.9 Å². The van der Waals surface area contributed by atoms with Gasteiger partial charge in [0.05, 0.1) is 4.92 Å². The van der Waals surface area contributed by atoms with Crippen molar-refractivity contribution in [2.75, 3.05) is 0 Å². The molecule has 2 N–H and O–H groups in total. The van der Waals surface area contributed by atoms with Crippen molar-refractivity contribution in [3.8, 4) is 0 Å². The van der Waals surface area contributed by atoms with Crippen LogP contribution in [-0.2, 0) is 28.9 Å². The summed E-state index contributed by atoms with van der Waals surface area (Å²) in [4.78, 5) is 35.1. The molecule has 0 spiro atoms. The Morgan fingerprint density at radius 1 is 1.12 bits per heavy atom. The Kier molecular flexibility index (Phi) is 5.93. The molecule has 0 fully saturated rings. The number of aryl methyl sites for hydroxylation is 1. The fourth-order valence-electron chi connectivity index (χ4n) is 3.89. The van der Waals surface area contributed by atoms with Gasteiger partial charge in [0.2, 0.25) is 5.91 Å². The van der Waals surface area contributed by atoms with Crippen LogP contribution >= 0.6 is 0 Å². The Hall–Kier alpha value is -4.08. The fourth-order valence-corrected chi connectivity index (χ4v) is 3.89. The van der Waals surface area contributed by atoms with E-state index in [9.17, 15) is 24.8 Å². The van der Waals surface area contributed by atoms with Crippen molar-refractivity contribution < 1.29 is 19.6 Å². The van der Waals surface area contributed by atoms with E-state index in [1.807, 2.05) is 30.3 Å². The van der Waals surface area contributed by atoms with Crippen LogP contribution in [0.3, 0.4) is 0 Å². The third kappa shape index (κ3) is 4.48. The summed E-state index contributed by atoms with van der Waals surface area (Å²) in [5.41, 5.74) is 1.53. The van der Waals surface area contributed by atoms with Crippen LogP contribution in [0.5, 0.6) is 0 Å². The molecule has 2 aromatic carbocycles. The molecule has 1 aliphatic rings. The van der Waals surface area contributed by atoms with Crippen molar-refractivity contribution in [3.05, 3.63) is 87.5 Å². The van der Waals surface area contributed by atoms with Crippen LogP contribution in [0.25, 0.3) is 0 Å². The zero-order valence-corrected chi connectivity index (χ0v) is 17.0. The van der Waals surface area contributed by atoms with Crippen LogP contribution < -0.4 is 5.32 Å². The highest BCUT2D eigenvalue weighted by molar-refractivity contribution is 5.86. The first kappa shape index (κ1) is 21.2. The standard InChI is InChI=1S/C22H21N5O5/c28-21(23-17(22(29)30)12-15-6-8-16(9-7-15)27(31)32)18-10-11-19-24-25-20(26(18)19)13-14-4-2-1-3-5-14/h1-9,17-18H,10-13H2,(H,23,28)(H,29,30)/t17-,18?/m0/s1. The van der Waals surface area contributed by atoms with E-state index in [-0.39, 0.29) is 12.1 Å². The lowest BCUT2D eigenvalue weighted by atomic mass is 10.0. The van der Waals surface area contributed by atoms with Crippen molar-refractivity contribution in [2.24, 2.45) is 0 Å². The maximum absolute atomic E-state index is 13.0. The third-order valence-corrected chi connectivity index (χ3v) is 5.50. The molecule has 0 saturated carbocycles. The number of nitrogens with one attached hydrogen (secondary N) is 1. The van der Waals surface area contributed by atoms with E-state index in [4.69, 9.17) is 0 Å². The second-order valence-electron chi connectivity index (χ2n) is 7.65. The Morgan fingerprint density at radius 2 is 1.84 bits per heavy atom. The van der Waals surface area contributed by atoms with Gasteiger partial charge in [-0.25, -0.2) is 4.79 Å². The highest BCUT2D eigenvalue weighted by Gasteiger charge is 2.34. The van der Waals surface area contributed by atoms with Gasteiger partial charge in [-0.15, -0.1) is 10.2 Å². The number of amides is 1. The van der Waals surface area contributed by atoms with E-state index in [0.29, 0.717) is 36.5 Å². The van der Waals surface area contributed by atoms with E-state index >= 15 is 0 Å². The number of non-ortho nitro benzene ring substituents is 1. The lowest BCUT2D eigenvalue weighted by Crippen LogP contribution is -2.45. The molecule has 1 aromatic heterocycles. The number of hydrogen-bond donors (Lipinski definition) is 2. The predicted molar refractivity (Wildman–Crippen MR) is 113 cm³/mol. The van der Waals surface area contributed by atoms with Gasteiger partial charge < -0.3 is 15.0 Å². The summed E-state index contributed by atoms with van der Waals surface area (Å²) < 4.78 is 1.80. The largest absolute Gasteiger partial charge is 0.480 e. The lowest BCUT2D eigenvalue weighted by molar-refractivity contribution is -0.384. The van der Waals surface area contributed by atoms with Gasteiger partial charge in [0.15, 0.2) is 0 Å². The number of benzene rings is 2. The molecular weight excluding hydrogens is 414 g/mol. The molecule has 3 aromatic rings. The Labute approximate surface area is 183 Å². The molecule has 2 heterocycles. The maximum atomic E-state index is 13.0. The second-order valence-corrected chi connectivity index (χ2v) is 7.65. The number of nitro groups is 1. The summed E-state index contributed by atoms with van der Waals surface area (Å²) in [6.45, 7) is 0. The Morgan fingerprint density at radius 3 is 2.50 bits per heavy atom. The van der Waals surface area contributed by atoms with Gasteiger partial charge in [-0.1, -0.05) is 42.5 Å². The number of carbonyl (C=O) groups excluding carboxylic acids is 1. The first-order chi connectivity index (χ1) is 15.4. The van der Waals surface area contributed by atoms with Crippen molar-refractivity contribution in [1.82, 2.24) is 20.1 Å². The summed E-state index contributed by atoms with van der Waals surface area (Å²) in [6.07, 6.45) is 1.63. The Bertz CT molecular complexity index is 1140. The van der Waals surface area contributed by atoms with Gasteiger partial charge in [-0.2, -0.15) is 0 Å². The number of carboxylic acids is 1. The first-order valence-corrected chi connectivity index (χ1v) is 10.2. The van der Waals surface area contributed by atoms with Crippen LogP contribution in [0.2, 0.25) is 0 Å². The van der Waals surface area contributed by atoms with Crippen LogP contribution in [0.4, 0.5) is 5.69 Å². The van der Waals surface area contributed by atoms with Crippen LogP contribution in [0, 0.1) is 10.1 Å². The van der Waals surface area contributed by atoms with E-state index in [2.05, 4.69) is 15.5 Å². The van der Waals surface area contributed by atoms with Crippen LogP contribution in [-0.4, -0.2) is 42.7 Å². The summed E-state index contributed by atoms with van der Waals surface area (Å²) in [5, 5.41) is 31.5. The fraction of sp³-hybridized carbons (Fsp3) is 0.273. The number of carboxylic acid groups (broad SMARTS) is 1. The average molecular weight is 435 g/mol. The molecule has 2 atom stereocenters. The van der Waals surface area contributed by atoms with Crippen molar-refractivity contribution >= 4 is 17.6 Å². The molecule has 10 nitrogen and oxygen atoms in total. The second kappa shape index (κ2) is 8.96. The highest BCUT2D eigenvalue weighted by atomic mass is 16.6. The molecule has 0 aliphatic carbocycles. The smallest absolute Gasteiger partial charge is 0.326 e. The van der Waals surface area contributed by atoms with Crippen LogP contribution in [0.1, 0.15) is 35.2 Å². The molecule has 1 unspecified atom stereocenters. The molecule has 1 amide bonds. The van der Waals surface area contributed by atoms with Crippen LogP contribution in [0.15, 0.2) is 54.6 Å². The molecule has 164 valence electrons. The third-order valence-electron chi connectivity index (χ3n) is 5.50. The minimum atomic E-state index is -1.18. The SMILES string of the molecule is O=C(N[C@@H](Cc1ccc([N+](=O)[O-])cc1)C(=O)O)C1CCc2nnc(Cc3ccccc3)n21. The minimum absolute atomic E-state index is 0.0116. The van der Waals surface area contributed by atoms with Crippen molar-refractivity contribution in [2.45, 2.75) is 37.8 Å². The van der Waals surface area contributed by atoms with E-state index in [1.54, 1.807) is 4.57 Å². The van der Waals surface area contributed by atoms with E-state index in [1.165, 1.54) is 24.3 Å². The van der Waals surface area contributed by atoms with Gasteiger partial charge in [0, 0.05) is 31.4 Å². The number of aromatic nitrogens is 3. The molecule has 4 rings (SSSR count). The normalized spacial score (nSPS) is 15.7. The predicted octanol–water partition coefficient (Wildman–Crippen LogP) is 2.08. The van der Waals surface area contributed by atoms with E-state index < -0.39 is 28.9 Å². The summed E-state index contributed by atoms with van der Waals surface area (Å²) in [7, 11) is 0. The lowest BCUT2D eigenvalue weighted by Gasteiger charge is -2.19. The quantitative estimate of drug-likeness (QED) is 0.408. The minimum Gasteiger partial charge on any atom is -0.480 e. The maximum Gasteiger partial charge on any atom is 0.326 e. The van der Waals surface area contributed by atoms with Gasteiger partial charge in [-0.05, 0) is 17.5 Å². The summed E-state index contributed by atoms with van der Waals surface area (Å²) in [5.74, 6) is -0.222. The zero-order chi connectivity index (χ0) is 22.7. The number of fused-ring (bicyclic) bond motifs is 1. The van der Waals surface area contributed by atoms with Crippen molar-refractivity contribution in [1.29, 1.82) is 0 Å². The topological polar surface area (TPSA) is 140 Å². The Balaban J connectivity index is 1.48. The van der Waals surface area contributed by atoms with E-state index in [0.717, 1.165) is 5.56 Å². The number of rotatable bonds is 8. The molecule has 0 saturated heterocycles. The van der Waals surface area contributed by atoms with Gasteiger partial charge >= 0.3 is 5.97 Å². The zero-order valence-electron chi connectivity index (χ0n) is 17.0. The molecular formula is C22H21N5O5. The number of nitro benzene ring substituents is 1. The molecule has 0 bridgehead atoms. The average Bonchev–Trinajstić information content (AvgIpc) is 3.37.